The maximum absolute atomic E-state index is 13.3. The molecule has 0 spiro atoms. The van der Waals surface area contributed by atoms with Crippen molar-refractivity contribution in [3.63, 3.8) is 0 Å². The standard InChI is InChI=1S/C32H37NO6/c1-5-8-19(15-20-12-13-26(34)22-10-7-6-9-21(20)22)11-14-27-28-23(18(2)3)16-24-29(25(28)17-39-27)31(36)33(30(24)35)32(37)38-4/h6-7,9-10,12-13,15,18,24-25,27,29,34H,5,8,11,14,16-17H2,1-4H3/b19-15+/t24-,25+,27-,29-/m1/s1. The molecule has 3 amide bonds. The smallest absolute Gasteiger partial charge is 0.423 e. The van der Waals surface area contributed by atoms with Gasteiger partial charge in [0.15, 0.2) is 0 Å². The minimum atomic E-state index is -0.904. The molecule has 0 saturated carbocycles. The van der Waals surface area contributed by atoms with Crippen LogP contribution in [0.2, 0.25) is 0 Å². The van der Waals surface area contributed by atoms with Crippen LogP contribution in [0, 0.1) is 23.7 Å². The molecule has 0 aromatic heterocycles. The van der Waals surface area contributed by atoms with Crippen molar-refractivity contribution < 1.29 is 29.0 Å². The van der Waals surface area contributed by atoms with Crippen LogP contribution in [0.25, 0.3) is 16.8 Å². The van der Waals surface area contributed by atoms with Crippen LogP contribution in [-0.4, -0.2) is 47.7 Å². The number of hydrogen-bond acceptors (Lipinski definition) is 6. The summed E-state index contributed by atoms with van der Waals surface area (Å²) < 4.78 is 11.1. The van der Waals surface area contributed by atoms with E-state index in [1.54, 1.807) is 6.07 Å². The summed E-state index contributed by atoms with van der Waals surface area (Å²) >= 11 is 0. The lowest BCUT2D eigenvalue weighted by Gasteiger charge is -2.33. The van der Waals surface area contributed by atoms with Crippen molar-refractivity contribution in [1.82, 2.24) is 4.90 Å². The van der Waals surface area contributed by atoms with Crippen molar-refractivity contribution >= 4 is 34.8 Å². The van der Waals surface area contributed by atoms with E-state index in [0.29, 0.717) is 17.9 Å². The minimum Gasteiger partial charge on any atom is -0.507 e. The second-order valence-electron chi connectivity index (χ2n) is 11.2. The molecule has 39 heavy (non-hydrogen) atoms. The molecule has 4 atom stereocenters. The van der Waals surface area contributed by atoms with Gasteiger partial charge in [-0.15, -0.1) is 0 Å². The van der Waals surface area contributed by atoms with Gasteiger partial charge in [-0.25, -0.2) is 4.79 Å². The molecule has 0 unspecified atom stereocenters. The number of fused-ring (bicyclic) bond motifs is 4. The Morgan fingerprint density at radius 3 is 2.54 bits per heavy atom. The van der Waals surface area contributed by atoms with Gasteiger partial charge in [0, 0.05) is 11.3 Å². The number of imide groups is 3. The highest BCUT2D eigenvalue weighted by Crippen LogP contribution is 2.51. The number of methoxy groups -OCH3 is 1. The summed E-state index contributed by atoms with van der Waals surface area (Å²) in [6, 6.07) is 11.6. The molecule has 7 heteroatoms. The van der Waals surface area contributed by atoms with E-state index in [9.17, 15) is 19.5 Å². The Kier molecular flexibility index (Phi) is 7.63. The molecule has 2 aliphatic heterocycles. The average molecular weight is 532 g/mol. The number of rotatable bonds is 7. The number of allylic oxidation sites excluding steroid dienone is 2. The fraction of sp³-hybridized carbons (Fsp3) is 0.469. The second-order valence-corrected chi connectivity index (χ2v) is 11.2. The van der Waals surface area contributed by atoms with Gasteiger partial charge < -0.3 is 14.6 Å². The van der Waals surface area contributed by atoms with Gasteiger partial charge in [0.05, 0.1) is 31.7 Å². The van der Waals surface area contributed by atoms with E-state index in [1.165, 1.54) is 18.3 Å². The molecule has 2 heterocycles. The zero-order valence-corrected chi connectivity index (χ0v) is 23.1. The number of phenolic OH excluding ortho intramolecular Hbond substituents is 1. The number of nitrogens with zero attached hydrogens (tertiary/aromatic N) is 1. The van der Waals surface area contributed by atoms with E-state index in [2.05, 4.69) is 26.8 Å². The summed E-state index contributed by atoms with van der Waals surface area (Å²) in [6.07, 6.45) is 5.27. The first-order chi connectivity index (χ1) is 18.8. The van der Waals surface area contributed by atoms with Crippen LogP contribution in [0.3, 0.4) is 0 Å². The fourth-order valence-electron chi connectivity index (χ4n) is 6.79. The van der Waals surface area contributed by atoms with E-state index < -0.39 is 29.7 Å². The lowest BCUT2D eigenvalue weighted by molar-refractivity contribution is -0.137. The Labute approximate surface area is 229 Å². The summed E-state index contributed by atoms with van der Waals surface area (Å²) in [5.74, 6) is -1.74. The summed E-state index contributed by atoms with van der Waals surface area (Å²) in [6.45, 7) is 6.78. The number of hydrogen-bond donors (Lipinski definition) is 1. The van der Waals surface area contributed by atoms with E-state index in [0.717, 1.165) is 47.6 Å². The Balaban J connectivity index is 1.42. The van der Waals surface area contributed by atoms with Gasteiger partial charge in [-0.3, -0.25) is 9.59 Å². The minimum absolute atomic E-state index is 0.125. The highest BCUT2D eigenvalue weighted by molar-refractivity contribution is 6.16. The van der Waals surface area contributed by atoms with E-state index in [-0.39, 0.29) is 23.7 Å². The van der Waals surface area contributed by atoms with Gasteiger partial charge in [-0.05, 0) is 54.2 Å². The van der Waals surface area contributed by atoms with Crippen molar-refractivity contribution in [1.29, 1.82) is 0 Å². The molecule has 0 radical (unpaired) electrons. The van der Waals surface area contributed by atoms with Crippen LogP contribution in [0.4, 0.5) is 4.79 Å². The Hall–Kier alpha value is -3.45. The third kappa shape index (κ3) is 4.78. The van der Waals surface area contributed by atoms with E-state index in [1.807, 2.05) is 30.3 Å². The van der Waals surface area contributed by atoms with Gasteiger partial charge >= 0.3 is 6.09 Å². The molecular formula is C32H37NO6. The van der Waals surface area contributed by atoms with Crippen LogP contribution in [0.15, 0.2) is 53.1 Å². The van der Waals surface area contributed by atoms with Gasteiger partial charge in [0.1, 0.15) is 5.75 Å². The van der Waals surface area contributed by atoms with Gasteiger partial charge in [0.2, 0.25) is 11.8 Å². The molecule has 2 fully saturated rings. The van der Waals surface area contributed by atoms with Crippen LogP contribution >= 0.6 is 0 Å². The maximum Gasteiger partial charge on any atom is 0.423 e. The van der Waals surface area contributed by atoms with Crippen LogP contribution in [-0.2, 0) is 19.1 Å². The molecular weight excluding hydrogens is 494 g/mol. The van der Waals surface area contributed by atoms with Crippen LogP contribution < -0.4 is 0 Å². The largest absolute Gasteiger partial charge is 0.507 e. The summed E-state index contributed by atoms with van der Waals surface area (Å²) in [5, 5.41) is 12.2. The van der Waals surface area contributed by atoms with Gasteiger partial charge in [-0.1, -0.05) is 74.7 Å². The molecule has 1 aliphatic carbocycles. The highest BCUT2D eigenvalue weighted by atomic mass is 16.5. The zero-order chi connectivity index (χ0) is 27.8. The van der Waals surface area contributed by atoms with Crippen molar-refractivity contribution in [2.45, 2.75) is 59.0 Å². The van der Waals surface area contributed by atoms with Crippen molar-refractivity contribution in [2.75, 3.05) is 13.7 Å². The third-order valence-electron chi connectivity index (χ3n) is 8.59. The topological polar surface area (TPSA) is 93.1 Å². The van der Waals surface area contributed by atoms with Crippen molar-refractivity contribution in [3.05, 3.63) is 58.7 Å². The molecule has 1 N–H and O–H groups in total. The maximum atomic E-state index is 13.3. The number of ether oxygens (including phenoxy) is 2. The first-order valence-corrected chi connectivity index (χ1v) is 14.0. The molecule has 5 rings (SSSR count). The molecule has 2 saturated heterocycles. The lowest BCUT2D eigenvalue weighted by atomic mass is 9.67. The third-order valence-corrected chi connectivity index (χ3v) is 8.59. The summed E-state index contributed by atoms with van der Waals surface area (Å²) in [7, 11) is 1.19. The summed E-state index contributed by atoms with van der Waals surface area (Å²) in [4.78, 5) is 39.3. The zero-order valence-electron chi connectivity index (χ0n) is 23.1. The van der Waals surface area contributed by atoms with Crippen molar-refractivity contribution in [2.24, 2.45) is 23.7 Å². The van der Waals surface area contributed by atoms with Gasteiger partial charge in [-0.2, -0.15) is 4.90 Å². The quantitative estimate of drug-likeness (QED) is 0.335. The number of aromatic hydroxyl groups is 1. The lowest BCUT2D eigenvalue weighted by Crippen LogP contribution is -2.38. The number of benzene rings is 2. The predicted molar refractivity (Wildman–Crippen MR) is 149 cm³/mol. The SMILES string of the molecule is CCC/C(=C\c1ccc(O)c2ccccc12)CC[C@H]1OC[C@H]2C1=C(C(C)C)C[C@H]1C(=O)N(C(=O)OC)C(=O)[C@H]12. The highest BCUT2D eigenvalue weighted by Gasteiger charge is 2.59. The molecule has 206 valence electrons. The second kappa shape index (κ2) is 11.0. The monoisotopic (exact) mass is 531 g/mol. The molecule has 0 bridgehead atoms. The number of carbonyl (C=O) groups excluding carboxylic acids is 3. The molecule has 2 aromatic carbocycles. The predicted octanol–water partition coefficient (Wildman–Crippen LogP) is 6.25. The fourth-order valence-corrected chi connectivity index (χ4v) is 6.79. The Bertz CT molecular complexity index is 1370. The molecule has 7 nitrogen and oxygen atoms in total. The van der Waals surface area contributed by atoms with Crippen molar-refractivity contribution in [3.8, 4) is 5.75 Å². The van der Waals surface area contributed by atoms with Crippen LogP contribution in [0.1, 0.15) is 58.4 Å². The summed E-state index contributed by atoms with van der Waals surface area (Å²) in [5.41, 5.74) is 4.73. The van der Waals surface area contributed by atoms with E-state index in [4.69, 9.17) is 9.47 Å². The van der Waals surface area contributed by atoms with E-state index >= 15 is 0 Å². The normalized spacial score (nSPS) is 25.1. The Morgan fingerprint density at radius 2 is 1.85 bits per heavy atom. The number of amides is 3. The molecule has 3 aliphatic rings. The first-order valence-electron chi connectivity index (χ1n) is 14.0. The first kappa shape index (κ1) is 27.1. The molecule has 2 aromatic rings. The average Bonchev–Trinajstić information content (AvgIpc) is 3.46. The number of likely N-dealkylation sites (tertiary alicyclic amines) is 1. The van der Waals surface area contributed by atoms with Gasteiger partial charge in [0.25, 0.3) is 0 Å². The Morgan fingerprint density at radius 1 is 1.10 bits per heavy atom. The number of carbonyl (C=O) groups is 3. The van der Waals surface area contributed by atoms with Crippen LogP contribution in [0.5, 0.6) is 5.75 Å². The number of phenols is 1.